The van der Waals surface area contributed by atoms with Crippen LogP contribution in [-0.2, 0) is 9.53 Å². The van der Waals surface area contributed by atoms with E-state index in [1.165, 1.54) is 7.11 Å². The third-order valence-electron chi connectivity index (χ3n) is 2.53. The van der Waals surface area contributed by atoms with Crippen LogP contribution in [-0.4, -0.2) is 25.7 Å². The van der Waals surface area contributed by atoms with E-state index in [0.29, 0.717) is 29.6 Å². The molecule has 0 radical (unpaired) electrons. The van der Waals surface area contributed by atoms with Gasteiger partial charge in [-0.25, -0.2) is 0 Å². The number of rotatable bonds is 6. The molecule has 1 unspecified atom stereocenters. The lowest BCUT2D eigenvalue weighted by Crippen LogP contribution is -2.29. The first kappa shape index (κ1) is 15.3. The van der Waals surface area contributed by atoms with Gasteiger partial charge in [0.2, 0.25) is 0 Å². The molecule has 0 aliphatic heterocycles. The molecule has 5 heteroatoms. The number of hydrogen-bond donors (Lipinski definition) is 2. The van der Waals surface area contributed by atoms with Crippen LogP contribution in [0.5, 0.6) is 5.75 Å². The number of hydrogen-bond acceptors (Lipinski definition) is 4. The summed E-state index contributed by atoms with van der Waals surface area (Å²) in [5, 5.41) is 2.77. The molecule has 0 fully saturated rings. The van der Waals surface area contributed by atoms with Crippen LogP contribution in [0.25, 0.3) is 0 Å². The molecule has 106 valence electrons. The van der Waals surface area contributed by atoms with Gasteiger partial charge in [0.25, 0.3) is 5.91 Å². The molecular weight excluding hydrogens is 244 g/mol. The van der Waals surface area contributed by atoms with Crippen molar-refractivity contribution in [3.63, 3.8) is 0 Å². The zero-order chi connectivity index (χ0) is 14.4. The normalized spacial score (nSPS) is 12.3. The van der Waals surface area contributed by atoms with Gasteiger partial charge in [-0.3, -0.25) is 4.79 Å². The van der Waals surface area contributed by atoms with E-state index in [9.17, 15) is 4.79 Å². The summed E-state index contributed by atoms with van der Waals surface area (Å²) in [6.45, 7) is 6.34. The molecule has 1 amide bonds. The summed E-state index contributed by atoms with van der Waals surface area (Å²) >= 11 is 0. The Balaban J connectivity index is 2.66. The molecule has 1 atom stereocenters. The second-order valence-electron chi connectivity index (χ2n) is 4.82. The highest BCUT2D eigenvalue weighted by Crippen LogP contribution is 2.26. The number of amides is 1. The van der Waals surface area contributed by atoms with Gasteiger partial charge in [0, 0.05) is 18.4 Å². The van der Waals surface area contributed by atoms with Gasteiger partial charge in [-0.1, -0.05) is 13.8 Å². The highest BCUT2D eigenvalue weighted by atomic mass is 16.5. The highest BCUT2D eigenvalue weighted by Gasteiger charge is 2.16. The summed E-state index contributed by atoms with van der Waals surface area (Å²) < 4.78 is 10.6. The molecule has 0 bridgehead atoms. The lowest BCUT2D eigenvalue weighted by atomic mass is 10.2. The van der Waals surface area contributed by atoms with Crippen LogP contribution < -0.4 is 15.8 Å². The van der Waals surface area contributed by atoms with Gasteiger partial charge in [0.15, 0.2) is 0 Å². The predicted octanol–water partition coefficient (Wildman–Crippen LogP) is 2.28. The largest absolute Gasteiger partial charge is 0.494 e. The zero-order valence-electron chi connectivity index (χ0n) is 11.9. The lowest BCUT2D eigenvalue weighted by Gasteiger charge is -2.16. The Morgan fingerprint density at radius 1 is 1.37 bits per heavy atom. The van der Waals surface area contributed by atoms with Crippen LogP contribution in [0.3, 0.4) is 0 Å². The molecule has 0 saturated carbocycles. The monoisotopic (exact) mass is 266 g/mol. The first-order valence-corrected chi connectivity index (χ1v) is 6.30. The minimum absolute atomic E-state index is 0.205. The number of carbonyl (C=O) groups excluding carboxylic acids is 1. The first-order valence-electron chi connectivity index (χ1n) is 6.30. The topological polar surface area (TPSA) is 73.6 Å². The number of anilines is 2. The molecule has 0 heterocycles. The van der Waals surface area contributed by atoms with E-state index in [4.69, 9.17) is 15.2 Å². The SMILES string of the molecule is COc1cc(N)ccc1NC(=O)C(C)OCC(C)C. The Morgan fingerprint density at radius 3 is 2.63 bits per heavy atom. The van der Waals surface area contributed by atoms with Crippen molar-refractivity contribution in [1.29, 1.82) is 0 Å². The number of nitrogens with one attached hydrogen (secondary N) is 1. The van der Waals surface area contributed by atoms with Crippen LogP contribution in [0.1, 0.15) is 20.8 Å². The van der Waals surface area contributed by atoms with Gasteiger partial charge in [0.1, 0.15) is 11.9 Å². The number of methoxy groups -OCH3 is 1. The molecule has 0 aromatic heterocycles. The molecule has 1 aromatic carbocycles. The molecule has 19 heavy (non-hydrogen) atoms. The molecule has 3 N–H and O–H groups in total. The van der Waals surface area contributed by atoms with Gasteiger partial charge in [-0.15, -0.1) is 0 Å². The van der Waals surface area contributed by atoms with Crippen LogP contribution in [0.2, 0.25) is 0 Å². The van der Waals surface area contributed by atoms with E-state index in [1.807, 2.05) is 13.8 Å². The van der Waals surface area contributed by atoms with Crippen molar-refractivity contribution in [3.8, 4) is 5.75 Å². The third kappa shape index (κ3) is 4.79. The quantitative estimate of drug-likeness (QED) is 0.775. The number of carbonyl (C=O) groups is 1. The molecular formula is C14H22N2O3. The standard InChI is InChI=1S/C14H22N2O3/c1-9(2)8-19-10(3)14(17)16-12-6-5-11(15)7-13(12)18-4/h5-7,9-10H,8,15H2,1-4H3,(H,16,17). The smallest absolute Gasteiger partial charge is 0.253 e. The van der Waals surface area contributed by atoms with Crippen molar-refractivity contribution in [2.45, 2.75) is 26.9 Å². The molecule has 0 aliphatic carbocycles. The predicted molar refractivity (Wildman–Crippen MR) is 76.3 cm³/mol. The maximum atomic E-state index is 12.0. The van der Waals surface area contributed by atoms with Crippen molar-refractivity contribution in [2.75, 3.05) is 24.8 Å². The van der Waals surface area contributed by atoms with E-state index < -0.39 is 6.10 Å². The Bertz CT molecular complexity index is 433. The van der Waals surface area contributed by atoms with Crippen LogP contribution >= 0.6 is 0 Å². The summed E-state index contributed by atoms with van der Waals surface area (Å²) in [5.41, 5.74) is 6.82. The Labute approximate surface area is 114 Å². The third-order valence-corrected chi connectivity index (χ3v) is 2.53. The molecule has 0 spiro atoms. The van der Waals surface area contributed by atoms with Gasteiger partial charge in [-0.2, -0.15) is 0 Å². The maximum absolute atomic E-state index is 12.0. The van der Waals surface area contributed by atoms with E-state index in [0.717, 1.165) is 0 Å². The Hall–Kier alpha value is -1.75. The minimum atomic E-state index is -0.510. The van der Waals surface area contributed by atoms with Crippen molar-refractivity contribution >= 4 is 17.3 Å². The van der Waals surface area contributed by atoms with Crippen LogP contribution in [0, 0.1) is 5.92 Å². The van der Waals surface area contributed by atoms with Crippen LogP contribution in [0.15, 0.2) is 18.2 Å². The van der Waals surface area contributed by atoms with E-state index in [1.54, 1.807) is 25.1 Å². The summed E-state index contributed by atoms with van der Waals surface area (Å²) in [6, 6.07) is 5.08. The molecule has 0 aliphatic rings. The van der Waals surface area contributed by atoms with Crippen molar-refractivity contribution in [1.82, 2.24) is 0 Å². The number of ether oxygens (including phenoxy) is 2. The molecule has 5 nitrogen and oxygen atoms in total. The van der Waals surface area contributed by atoms with Gasteiger partial charge in [0.05, 0.1) is 12.8 Å². The fourth-order valence-corrected chi connectivity index (χ4v) is 1.46. The Kier molecular flexibility index (Phi) is 5.63. The Morgan fingerprint density at radius 2 is 2.05 bits per heavy atom. The fourth-order valence-electron chi connectivity index (χ4n) is 1.46. The van der Waals surface area contributed by atoms with Crippen molar-refractivity contribution in [3.05, 3.63) is 18.2 Å². The second-order valence-corrected chi connectivity index (χ2v) is 4.82. The maximum Gasteiger partial charge on any atom is 0.253 e. The van der Waals surface area contributed by atoms with Crippen molar-refractivity contribution in [2.24, 2.45) is 5.92 Å². The zero-order valence-corrected chi connectivity index (χ0v) is 11.9. The van der Waals surface area contributed by atoms with Crippen LogP contribution in [0.4, 0.5) is 11.4 Å². The average molecular weight is 266 g/mol. The van der Waals surface area contributed by atoms with Gasteiger partial charge in [-0.05, 0) is 25.0 Å². The summed E-state index contributed by atoms with van der Waals surface area (Å²) in [5.74, 6) is 0.717. The van der Waals surface area contributed by atoms with E-state index in [-0.39, 0.29) is 5.91 Å². The average Bonchev–Trinajstić information content (AvgIpc) is 2.37. The van der Waals surface area contributed by atoms with Gasteiger partial charge < -0.3 is 20.5 Å². The molecule has 0 saturated heterocycles. The molecule has 1 rings (SSSR count). The van der Waals surface area contributed by atoms with E-state index in [2.05, 4.69) is 5.32 Å². The summed E-state index contributed by atoms with van der Waals surface area (Å²) in [6.07, 6.45) is -0.510. The summed E-state index contributed by atoms with van der Waals surface area (Å²) in [7, 11) is 1.53. The lowest BCUT2D eigenvalue weighted by molar-refractivity contribution is -0.126. The number of nitrogen functional groups attached to an aromatic ring is 1. The minimum Gasteiger partial charge on any atom is -0.494 e. The highest BCUT2D eigenvalue weighted by molar-refractivity contribution is 5.95. The van der Waals surface area contributed by atoms with Gasteiger partial charge >= 0.3 is 0 Å². The fraction of sp³-hybridized carbons (Fsp3) is 0.500. The van der Waals surface area contributed by atoms with E-state index >= 15 is 0 Å². The first-order chi connectivity index (χ1) is 8.93. The summed E-state index contributed by atoms with van der Waals surface area (Å²) in [4.78, 5) is 12.0. The number of nitrogens with two attached hydrogens (primary N) is 1. The van der Waals surface area contributed by atoms with Crippen molar-refractivity contribution < 1.29 is 14.3 Å². The molecule has 1 aromatic rings. The number of benzene rings is 1. The second kappa shape index (κ2) is 6.99.